The molecule has 0 radical (unpaired) electrons. The van der Waals surface area contributed by atoms with E-state index in [-0.39, 0.29) is 24.3 Å². The minimum Gasteiger partial charge on any atom is -0.467 e. The molecule has 1 atom stereocenters. The Bertz CT molecular complexity index is 498. The van der Waals surface area contributed by atoms with Gasteiger partial charge in [0.25, 0.3) is 5.91 Å². The second kappa shape index (κ2) is 7.26. The maximum atomic E-state index is 12.4. The first kappa shape index (κ1) is 15.6. The molecule has 1 aromatic rings. The standard InChI is InChI=1S/C15H23N3O3/c1-2-5-17-14(19)11-4-3-6-18(9-11)15(20)12-7-13(8-16)21-10-12/h7,10-11H,2-6,8-9,16H2,1H3,(H,17,19). The highest BCUT2D eigenvalue weighted by atomic mass is 16.3. The number of hydrogen-bond acceptors (Lipinski definition) is 4. The molecule has 2 heterocycles. The Balaban J connectivity index is 1.96. The van der Waals surface area contributed by atoms with Crippen molar-refractivity contribution in [2.75, 3.05) is 19.6 Å². The van der Waals surface area contributed by atoms with Gasteiger partial charge in [0.05, 0.1) is 18.0 Å². The van der Waals surface area contributed by atoms with Crippen LogP contribution in [0.15, 0.2) is 16.7 Å². The van der Waals surface area contributed by atoms with Crippen molar-refractivity contribution in [2.45, 2.75) is 32.7 Å². The Kier molecular flexibility index (Phi) is 5.38. The van der Waals surface area contributed by atoms with Gasteiger partial charge in [-0.3, -0.25) is 9.59 Å². The Labute approximate surface area is 124 Å². The number of carbonyl (C=O) groups is 2. The number of likely N-dealkylation sites (tertiary alicyclic amines) is 1. The first-order chi connectivity index (χ1) is 10.2. The molecule has 1 unspecified atom stereocenters. The highest BCUT2D eigenvalue weighted by Gasteiger charge is 2.29. The Hall–Kier alpha value is -1.82. The molecule has 6 heteroatoms. The summed E-state index contributed by atoms with van der Waals surface area (Å²) < 4.78 is 5.20. The lowest BCUT2D eigenvalue weighted by Gasteiger charge is -2.31. The quantitative estimate of drug-likeness (QED) is 0.851. The molecular formula is C15H23N3O3. The van der Waals surface area contributed by atoms with Crippen LogP contribution in [0.25, 0.3) is 0 Å². The summed E-state index contributed by atoms with van der Waals surface area (Å²) in [6, 6.07) is 1.67. The number of piperidine rings is 1. The van der Waals surface area contributed by atoms with Crippen LogP contribution in [0.1, 0.15) is 42.3 Å². The fourth-order valence-electron chi connectivity index (χ4n) is 2.55. The Morgan fingerprint density at radius 1 is 1.52 bits per heavy atom. The number of nitrogens with one attached hydrogen (secondary N) is 1. The van der Waals surface area contributed by atoms with Gasteiger partial charge in [0.2, 0.25) is 5.91 Å². The predicted octanol–water partition coefficient (Wildman–Crippen LogP) is 1.12. The van der Waals surface area contributed by atoms with Crippen LogP contribution in [-0.4, -0.2) is 36.3 Å². The molecule has 0 aromatic carbocycles. The third-order valence-electron chi connectivity index (χ3n) is 3.73. The van der Waals surface area contributed by atoms with E-state index in [1.54, 1.807) is 11.0 Å². The smallest absolute Gasteiger partial charge is 0.257 e. The maximum Gasteiger partial charge on any atom is 0.257 e. The molecule has 1 fully saturated rings. The van der Waals surface area contributed by atoms with Crippen molar-refractivity contribution in [1.82, 2.24) is 10.2 Å². The lowest BCUT2D eigenvalue weighted by atomic mass is 9.96. The fraction of sp³-hybridized carbons (Fsp3) is 0.600. The largest absolute Gasteiger partial charge is 0.467 e. The van der Waals surface area contributed by atoms with E-state index in [0.29, 0.717) is 31.0 Å². The number of furan rings is 1. The van der Waals surface area contributed by atoms with E-state index in [9.17, 15) is 9.59 Å². The van der Waals surface area contributed by atoms with Gasteiger partial charge < -0.3 is 20.4 Å². The summed E-state index contributed by atoms with van der Waals surface area (Å²) in [4.78, 5) is 26.2. The van der Waals surface area contributed by atoms with E-state index in [4.69, 9.17) is 10.2 Å². The van der Waals surface area contributed by atoms with Crippen LogP contribution < -0.4 is 11.1 Å². The maximum absolute atomic E-state index is 12.4. The van der Waals surface area contributed by atoms with Crippen LogP contribution in [0.2, 0.25) is 0 Å². The first-order valence-corrected chi connectivity index (χ1v) is 7.50. The molecule has 1 aliphatic heterocycles. The van der Waals surface area contributed by atoms with Crippen LogP contribution in [-0.2, 0) is 11.3 Å². The van der Waals surface area contributed by atoms with E-state index in [1.165, 1.54) is 6.26 Å². The minimum atomic E-state index is -0.116. The van der Waals surface area contributed by atoms with Gasteiger partial charge in [-0.2, -0.15) is 0 Å². The van der Waals surface area contributed by atoms with Crippen molar-refractivity contribution in [3.63, 3.8) is 0 Å². The molecule has 2 rings (SSSR count). The fourth-order valence-corrected chi connectivity index (χ4v) is 2.55. The molecule has 1 saturated heterocycles. The topological polar surface area (TPSA) is 88.6 Å². The van der Waals surface area contributed by atoms with Gasteiger partial charge in [-0.15, -0.1) is 0 Å². The molecule has 116 valence electrons. The van der Waals surface area contributed by atoms with Gasteiger partial charge in [0, 0.05) is 19.6 Å². The van der Waals surface area contributed by atoms with E-state index < -0.39 is 0 Å². The van der Waals surface area contributed by atoms with Gasteiger partial charge in [0.15, 0.2) is 0 Å². The summed E-state index contributed by atoms with van der Waals surface area (Å²) in [7, 11) is 0. The monoisotopic (exact) mass is 293 g/mol. The van der Waals surface area contributed by atoms with Gasteiger partial charge >= 0.3 is 0 Å². The number of rotatable bonds is 5. The average Bonchev–Trinajstić information content (AvgIpc) is 3.01. The van der Waals surface area contributed by atoms with Gasteiger partial charge in [-0.25, -0.2) is 0 Å². The number of hydrogen-bond donors (Lipinski definition) is 2. The van der Waals surface area contributed by atoms with Crippen LogP contribution in [0, 0.1) is 5.92 Å². The molecule has 6 nitrogen and oxygen atoms in total. The first-order valence-electron chi connectivity index (χ1n) is 7.50. The third kappa shape index (κ3) is 3.85. The van der Waals surface area contributed by atoms with Crippen molar-refractivity contribution < 1.29 is 14.0 Å². The molecule has 0 saturated carbocycles. The summed E-state index contributed by atoms with van der Waals surface area (Å²) in [5.74, 6) is 0.429. The van der Waals surface area contributed by atoms with Gasteiger partial charge in [0.1, 0.15) is 12.0 Å². The molecule has 2 amide bonds. The van der Waals surface area contributed by atoms with Crippen molar-refractivity contribution in [2.24, 2.45) is 11.7 Å². The van der Waals surface area contributed by atoms with Crippen molar-refractivity contribution >= 4 is 11.8 Å². The summed E-state index contributed by atoms with van der Waals surface area (Å²) in [5, 5.41) is 2.90. The molecular weight excluding hydrogens is 270 g/mol. The Morgan fingerprint density at radius 2 is 2.33 bits per heavy atom. The summed E-state index contributed by atoms with van der Waals surface area (Å²) in [6.45, 7) is 4.13. The highest BCUT2D eigenvalue weighted by Crippen LogP contribution is 2.19. The summed E-state index contributed by atoms with van der Waals surface area (Å²) in [5.41, 5.74) is 5.98. The normalized spacial score (nSPS) is 18.6. The van der Waals surface area contributed by atoms with Crippen LogP contribution in [0.5, 0.6) is 0 Å². The zero-order valence-electron chi connectivity index (χ0n) is 12.4. The van der Waals surface area contributed by atoms with Gasteiger partial charge in [-0.1, -0.05) is 6.92 Å². The minimum absolute atomic E-state index is 0.0455. The van der Waals surface area contributed by atoms with Crippen LogP contribution >= 0.6 is 0 Å². The van der Waals surface area contributed by atoms with E-state index in [2.05, 4.69) is 5.32 Å². The molecule has 21 heavy (non-hydrogen) atoms. The predicted molar refractivity (Wildman–Crippen MR) is 78.5 cm³/mol. The second-order valence-corrected chi connectivity index (χ2v) is 5.39. The summed E-state index contributed by atoms with van der Waals surface area (Å²) in [6.07, 6.45) is 4.03. The highest BCUT2D eigenvalue weighted by molar-refractivity contribution is 5.94. The summed E-state index contributed by atoms with van der Waals surface area (Å²) >= 11 is 0. The molecule has 1 aliphatic rings. The van der Waals surface area contributed by atoms with E-state index in [1.807, 2.05) is 6.92 Å². The van der Waals surface area contributed by atoms with Crippen LogP contribution in [0.4, 0.5) is 0 Å². The van der Waals surface area contributed by atoms with Crippen LogP contribution in [0.3, 0.4) is 0 Å². The number of nitrogens with two attached hydrogens (primary N) is 1. The molecule has 3 N–H and O–H groups in total. The second-order valence-electron chi connectivity index (χ2n) is 5.39. The van der Waals surface area contributed by atoms with E-state index >= 15 is 0 Å². The third-order valence-corrected chi connectivity index (χ3v) is 3.73. The number of carbonyl (C=O) groups excluding carboxylic acids is 2. The van der Waals surface area contributed by atoms with Crippen molar-refractivity contribution in [3.05, 3.63) is 23.7 Å². The lowest BCUT2D eigenvalue weighted by Crippen LogP contribution is -2.45. The number of nitrogens with zero attached hydrogens (tertiary/aromatic N) is 1. The molecule has 1 aromatic heterocycles. The molecule has 0 bridgehead atoms. The SMILES string of the molecule is CCCNC(=O)C1CCCN(C(=O)c2coc(CN)c2)C1. The Morgan fingerprint density at radius 3 is 3.00 bits per heavy atom. The van der Waals surface area contributed by atoms with E-state index in [0.717, 1.165) is 19.3 Å². The van der Waals surface area contributed by atoms with Crippen molar-refractivity contribution in [3.8, 4) is 0 Å². The number of amides is 2. The van der Waals surface area contributed by atoms with Crippen molar-refractivity contribution in [1.29, 1.82) is 0 Å². The van der Waals surface area contributed by atoms with Gasteiger partial charge in [-0.05, 0) is 25.3 Å². The lowest BCUT2D eigenvalue weighted by molar-refractivity contribution is -0.126. The molecule has 0 aliphatic carbocycles. The molecule has 0 spiro atoms. The zero-order valence-corrected chi connectivity index (χ0v) is 12.4. The average molecular weight is 293 g/mol. The zero-order chi connectivity index (χ0) is 15.2.